The minimum atomic E-state index is 1.06. The van der Waals surface area contributed by atoms with Crippen LogP contribution in [0.3, 0.4) is 0 Å². The van der Waals surface area contributed by atoms with Crippen LogP contribution in [-0.2, 0) is 0 Å². The Balaban J connectivity index is 2.41. The lowest BCUT2D eigenvalue weighted by Gasteiger charge is -2.18. The van der Waals surface area contributed by atoms with E-state index in [-0.39, 0.29) is 0 Å². The molecule has 0 aliphatic rings. The van der Waals surface area contributed by atoms with Gasteiger partial charge in [-0.05, 0) is 37.0 Å². The van der Waals surface area contributed by atoms with Crippen LogP contribution < -0.4 is 10.2 Å². The average molecular weight is 238 g/mol. The van der Waals surface area contributed by atoms with Gasteiger partial charge in [-0.3, -0.25) is 0 Å². The second kappa shape index (κ2) is 7.44. The standard InChI is InChI=1S/C13H22N2S/c1-15(2)13-9-5-4-8-12(13)14-10-6-7-11-16-3/h4-5,8-9,14H,6-7,10-11H2,1-3H3. The first-order chi connectivity index (χ1) is 7.75. The number of para-hydroxylation sites is 2. The molecule has 0 aromatic heterocycles. The second-order valence-corrected chi connectivity index (χ2v) is 5.02. The first kappa shape index (κ1) is 13.2. The Kier molecular flexibility index (Phi) is 6.16. The van der Waals surface area contributed by atoms with Gasteiger partial charge in [-0.1, -0.05) is 12.1 Å². The van der Waals surface area contributed by atoms with E-state index in [2.05, 4.69) is 54.8 Å². The summed E-state index contributed by atoms with van der Waals surface area (Å²) in [5.41, 5.74) is 2.49. The van der Waals surface area contributed by atoms with Gasteiger partial charge in [-0.25, -0.2) is 0 Å². The Morgan fingerprint density at radius 3 is 2.62 bits per heavy atom. The van der Waals surface area contributed by atoms with E-state index in [1.165, 1.54) is 30.0 Å². The number of nitrogens with zero attached hydrogens (tertiary/aromatic N) is 1. The molecular formula is C13H22N2S. The fourth-order valence-electron chi connectivity index (χ4n) is 1.61. The zero-order chi connectivity index (χ0) is 11.8. The summed E-state index contributed by atoms with van der Waals surface area (Å²) in [5.74, 6) is 1.26. The maximum Gasteiger partial charge on any atom is 0.0596 e. The molecule has 0 saturated heterocycles. The van der Waals surface area contributed by atoms with Crippen molar-refractivity contribution in [1.29, 1.82) is 0 Å². The molecule has 0 spiro atoms. The van der Waals surface area contributed by atoms with E-state index < -0.39 is 0 Å². The first-order valence-corrected chi connectivity index (χ1v) is 7.14. The van der Waals surface area contributed by atoms with Crippen LogP contribution in [0.15, 0.2) is 24.3 Å². The summed E-state index contributed by atoms with van der Waals surface area (Å²) >= 11 is 1.92. The maximum absolute atomic E-state index is 3.50. The highest BCUT2D eigenvalue weighted by Gasteiger charge is 2.01. The number of benzene rings is 1. The van der Waals surface area contributed by atoms with Crippen molar-refractivity contribution in [1.82, 2.24) is 0 Å². The lowest BCUT2D eigenvalue weighted by Crippen LogP contribution is -2.12. The second-order valence-electron chi connectivity index (χ2n) is 4.04. The number of anilines is 2. The fourth-order valence-corrected chi connectivity index (χ4v) is 2.10. The van der Waals surface area contributed by atoms with Gasteiger partial charge >= 0.3 is 0 Å². The summed E-state index contributed by atoms with van der Waals surface area (Å²) in [6.07, 6.45) is 4.69. The largest absolute Gasteiger partial charge is 0.383 e. The predicted octanol–water partition coefficient (Wildman–Crippen LogP) is 3.31. The zero-order valence-corrected chi connectivity index (χ0v) is 11.3. The SMILES string of the molecule is CSCCCCNc1ccccc1N(C)C. The molecule has 16 heavy (non-hydrogen) atoms. The van der Waals surface area contributed by atoms with Crippen LogP contribution in [0.1, 0.15) is 12.8 Å². The molecule has 0 saturated carbocycles. The van der Waals surface area contributed by atoms with Crippen LogP contribution in [0, 0.1) is 0 Å². The Bertz CT molecular complexity index is 300. The molecule has 0 amide bonds. The van der Waals surface area contributed by atoms with Gasteiger partial charge in [0.05, 0.1) is 11.4 Å². The molecule has 3 heteroatoms. The van der Waals surface area contributed by atoms with Crippen LogP contribution in [0.2, 0.25) is 0 Å². The van der Waals surface area contributed by atoms with Crippen molar-refractivity contribution in [2.45, 2.75) is 12.8 Å². The maximum atomic E-state index is 3.50. The molecule has 0 radical (unpaired) electrons. The topological polar surface area (TPSA) is 15.3 Å². The molecule has 1 rings (SSSR count). The molecule has 1 aromatic carbocycles. The normalized spacial score (nSPS) is 10.2. The number of nitrogens with one attached hydrogen (secondary N) is 1. The first-order valence-electron chi connectivity index (χ1n) is 5.75. The summed E-state index contributed by atoms with van der Waals surface area (Å²) in [4.78, 5) is 2.14. The van der Waals surface area contributed by atoms with E-state index in [9.17, 15) is 0 Å². The van der Waals surface area contributed by atoms with E-state index in [0.29, 0.717) is 0 Å². The Morgan fingerprint density at radius 2 is 1.94 bits per heavy atom. The molecule has 0 heterocycles. The lowest BCUT2D eigenvalue weighted by atomic mass is 10.2. The highest BCUT2D eigenvalue weighted by Crippen LogP contribution is 2.23. The van der Waals surface area contributed by atoms with E-state index in [0.717, 1.165) is 6.54 Å². The van der Waals surface area contributed by atoms with E-state index in [4.69, 9.17) is 0 Å². The average Bonchev–Trinajstić information content (AvgIpc) is 2.29. The third-order valence-corrected chi connectivity index (χ3v) is 3.17. The lowest BCUT2D eigenvalue weighted by molar-refractivity contribution is 0.843. The summed E-state index contributed by atoms with van der Waals surface area (Å²) in [6.45, 7) is 1.06. The molecule has 0 aliphatic carbocycles. The van der Waals surface area contributed by atoms with Crippen molar-refractivity contribution < 1.29 is 0 Å². The van der Waals surface area contributed by atoms with Gasteiger partial charge in [0.2, 0.25) is 0 Å². The van der Waals surface area contributed by atoms with Crippen LogP contribution in [-0.4, -0.2) is 32.6 Å². The third kappa shape index (κ3) is 4.35. The van der Waals surface area contributed by atoms with Gasteiger partial charge in [-0.2, -0.15) is 11.8 Å². The van der Waals surface area contributed by atoms with Crippen LogP contribution in [0.25, 0.3) is 0 Å². The number of hydrogen-bond donors (Lipinski definition) is 1. The van der Waals surface area contributed by atoms with Crippen molar-refractivity contribution in [3.63, 3.8) is 0 Å². The molecule has 2 nitrogen and oxygen atoms in total. The van der Waals surface area contributed by atoms with Crippen LogP contribution in [0.4, 0.5) is 11.4 Å². The minimum Gasteiger partial charge on any atom is -0.383 e. The summed E-state index contributed by atoms with van der Waals surface area (Å²) in [5, 5.41) is 3.50. The molecule has 1 aromatic rings. The zero-order valence-electron chi connectivity index (χ0n) is 10.5. The van der Waals surface area contributed by atoms with E-state index >= 15 is 0 Å². The van der Waals surface area contributed by atoms with Gasteiger partial charge < -0.3 is 10.2 Å². The highest BCUT2D eigenvalue weighted by molar-refractivity contribution is 7.98. The number of rotatable bonds is 7. The summed E-state index contributed by atoms with van der Waals surface area (Å²) < 4.78 is 0. The number of hydrogen-bond acceptors (Lipinski definition) is 3. The number of thioether (sulfide) groups is 1. The van der Waals surface area contributed by atoms with Gasteiger partial charge in [0.15, 0.2) is 0 Å². The van der Waals surface area contributed by atoms with Gasteiger partial charge in [-0.15, -0.1) is 0 Å². The monoisotopic (exact) mass is 238 g/mol. The van der Waals surface area contributed by atoms with Crippen molar-refractivity contribution in [3.05, 3.63) is 24.3 Å². The molecule has 0 bridgehead atoms. The highest BCUT2D eigenvalue weighted by atomic mass is 32.2. The summed E-state index contributed by atoms with van der Waals surface area (Å²) in [6, 6.07) is 8.44. The van der Waals surface area contributed by atoms with Crippen LogP contribution >= 0.6 is 11.8 Å². The summed E-state index contributed by atoms with van der Waals surface area (Å²) in [7, 11) is 4.16. The van der Waals surface area contributed by atoms with Crippen molar-refractivity contribution in [3.8, 4) is 0 Å². The molecule has 0 aliphatic heterocycles. The van der Waals surface area contributed by atoms with Crippen molar-refractivity contribution >= 4 is 23.1 Å². The predicted molar refractivity (Wildman–Crippen MR) is 76.9 cm³/mol. The molecule has 0 fully saturated rings. The molecular weight excluding hydrogens is 216 g/mol. The minimum absolute atomic E-state index is 1.06. The fraction of sp³-hybridized carbons (Fsp3) is 0.538. The Morgan fingerprint density at radius 1 is 1.19 bits per heavy atom. The Hall–Kier alpha value is -0.830. The van der Waals surface area contributed by atoms with Crippen molar-refractivity contribution in [2.24, 2.45) is 0 Å². The number of unbranched alkanes of at least 4 members (excludes halogenated alkanes) is 1. The van der Waals surface area contributed by atoms with Gasteiger partial charge in [0.1, 0.15) is 0 Å². The van der Waals surface area contributed by atoms with Gasteiger partial charge in [0.25, 0.3) is 0 Å². The Labute approximate surface area is 103 Å². The molecule has 0 unspecified atom stereocenters. The van der Waals surface area contributed by atoms with E-state index in [1.54, 1.807) is 0 Å². The third-order valence-electron chi connectivity index (χ3n) is 2.48. The van der Waals surface area contributed by atoms with Gasteiger partial charge in [0, 0.05) is 20.6 Å². The quantitative estimate of drug-likeness (QED) is 0.734. The van der Waals surface area contributed by atoms with Crippen LogP contribution in [0.5, 0.6) is 0 Å². The molecule has 0 atom stereocenters. The van der Waals surface area contributed by atoms with Crippen molar-refractivity contribution in [2.75, 3.05) is 42.9 Å². The smallest absolute Gasteiger partial charge is 0.0596 e. The molecule has 1 N–H and O–H groups in total. The van der Waals surface area contributed by atoms with E-state index in [1.807, 2.05) is 11.8 Å². The molecule has 90 valence electrons.